The molecule has 15 atom stereocenters. The Hall–Kier alpha value is -8.44. The maximum atomic E-state index is 13.6. The van der Waals surface area contributed by atoms with Crippen LogP contribution in [0.15, 0.2) is 195 Å². The van der Waals surface area contributed by atoms with Gasteiger partial charge in [0.05, 0.1) is 77.5 Å². The summed E-state index contributed by atoms with van der Waals surface area (Å²) in [7, 11) is 20.0. The Morgan fingerprint density at radius 1 is 0.407 bits per heavy atom. The molecule has 0 unspecified atom stereocenters. The van der Waals surface area contributed by atoms with Gasteiger partial charge in [0.25, 0.3) is 0 Å². The highest BCUT2D eigenvalue weighted by molar-refractivity contribution is 9.11. The third kappa shape index (κ3) is 12.3. The normalized spacial score (nSPS) is 28.2. The lowest BCUT2D eigenvalue weighted by atomic mass is 9.70. The number of halogens is 3. The molecule has 108 heavy (non-hydrogen) atoms. The van der Waals surface area contributed by atoms with Crippen LogP contribution in [0.1, 0.15) is 82.7 Å². The number of aliphatic hydroxyl groups is 6. The van der Waals surface area contributed by atoms with Crippen molar-refractivity contribution in [1.29, 1.82) is 0 Å². The van der Waals surface area contributed by atoms with E-state index in [1.54, 1.807) is 32.3 Å². The highest BCUT2D eigenvalue weighted by Gasteiger charge is 2.81. The topological polar surface area (TPSA) is 270 Å². The number of ether oxygens (including phenoxy) is 9. The molecule has 15 rings (SSSR count). The molecule has 22 nitrogen and oxygen atoms in total. The molecule has 9 aromatic rings. The van der Waals surface area contributed by atoms with E-state index in [1.165, 1.54) is 47.6 Å². The summed E-state index contributed by atoms with van der Waals surface area (Å²) in [4.78, 5) is 32.3. The molecule has 6 aromatic carbocycles. The third-order valence-electron chi connectivity index (χ3n) is 21.8. The van der Waals surface area contributed by atoms with E-state index in [9.17, 15) is 35.4 Å². The predicted octanol–water partition coefficient (Wildman–Crippen LogP) is 11.8. The number of amides is 1. The van der Waals surface area contributed by atoms with Crippen LogP contribution in [0.25, 0.3) is 0 Å². The van der Waals surface area contributed by atoms with E-state index in [0.717, 1.165) is 41.2 Å². The summed E-state index contributed by atoms with van der Waals surface area (Å²) in [6.45, 7) is 1.07. The van der Waals surface area contributed by atoms with Gasteiger partial charge in [-0.1, -0.05) is 190 Å². The van der Waals surface area contributed by atoms with Crippen LogP contribution in [0, 0.1) is 17.8 Å². The number of hydrogen-bond acceptors (Lipinski definition) is 21. The Bertz CT molecular complexity index is 4490. The molecule has 6 N–H and O–H groups in total. The molecule has 572 valence electrons. The number of fused-ring (bicyclic) bond motifs is 9. The molecular weight excluding hydrogens is 1580 g/mol. The van der Waals surface area contributed by atoms with Gasteiger partial charge in [0.2, 0.25) is 41.2 Å². The van der Waals surface area contributed by atoms with Gasteiger partial charge in [-0.25, -0.2) is 0 Å². The maximum absolute atomic E-state index is 13.6. The Labute approximate surface area is 655 Å². The molecule has 3 saturated carbocycles. The van der Waals surface area contributed by atoms with Gasteiger partial charge in [-0.05, 0) is 98.0 Å². The Balaban J connectivity index is 0.000000160. The molecule has 3 aliphatic heterocycles. The van der Waals surface area contributed by atoms with Crippen molar-refractivity contribution in [3.8, 4) is 52.5 Å². The fraction of sp³-hybridized carbons (Fsp3) is 0.373. The smallest absolute Gasteiger partial charge is 0.228 e. The molecule has 0 spiro atoms. The second-order valence-corrected chi connectivity index (χ2v) is 30.8. The van der Waals surface area contributed by atoms with Crippen LogP contribution >= 0.6 is 47.8 Å². The minimum atomic E-state index is -2.09. The number of carbonyl (C=O) groups is 1. The lowest BCUT2D eigenvalue weighted by Crippen LogP contribution is -2.52. The second kappa shape index (κ2) is 31.1. The number of rotatable bonds is 17. The second-order valence-electron chi connectivity index (χ2n) is 28.1. The Kier molecular flexibility index (Phi) is 23.2. The average Bonchev–Trinajstić information content (AvgIpc) is 1.51. The standard InChI is InChI=1S/C27H27BrN2O6.2C27H29BrN2O5.2CH4/c1-30(2)25(32)20-21(15-8-6-5-7-9-15)27(16-10-12-17(28)13-11-16)26(33,23(20)31)22-18(36-27)14-19(34-3)29-24(22)35-4;2*1-30(2)15-19-22(16-8-6-5-7-9-16)27(17-10-12-18(28)13-11-17)26(32,24(19)31)23-20(35-27)14-21(33-3)29-25(23)34-4;;/h5-14,20-21,23,31,33H,1-4H3;2*5-14,19,22,24,31-32H,15H2,1-4H3;2*1H4/t20-,21-,23-,26+,27+;2*19-,22-,24-,26+,27+;;/m111../s1. The number of aromatic nitrogens is 3. The van der Waals surface area contributed by atoms with Crippen molar-refractivity contribution in [2.24, 2.45) is 17.8 Å². The van der Waals surface area contributed by atoms with Gasteiger partial charge in [0, 0.05) is 88.4 Å². The predicted molar refractivity (Wildman–Crippen MR) is 418 cm³/mol. The molecule has 1 amide bonds. The SMILES string of the molecule is C.C.COc1cc2c(c(OC)n1)[C@]1(O)[C@H](O)[C@H](C(=O)N(C)C)[C@@H](c3ccccc3)[C@]1(c1ccc(Br)cc1)O2.COc1cc2c(c(OC)n1)[C@]1(O)[C@H](O)[C@H](CN(C)C)[C@@H](c3ccccc3)[C@]1(c1ccc(Br)cc1)O2.COc1cc2c(c(OC)n1)[C@]1(O)[C@H](O)[C@H](CN(C)C)[C@@H](c3ccccc3)[C@]1(c1ccc(Br)cc1)O2. The van der Waals surface area contributed by atoms with Gasteiger partial charge < -0.3 is 88.0 Å². The minimum Gasteiger partial charge on any atom is -0.481 e. The zero-order valence-corrected chi connectivity index (χ0v) is 65.3. The van der Waals surface area contributed by atoms with E-state index in [0.29, 0.717) is 53.0 Å². The number of pyridine rings is 3. The van der Waals surface area contributed by atoms with Crippen LogP contribution in [0.5, 0.6) is 52.5 Å². The van der Waals surface area contributed by atoms with Crippen LogP contribution in [-0.2, 0) is 38.4 Å². The number of carbonyl (C=O) groups excluding carboxylic acids is 1. The Morgan fingerprint density at radius 3 is 0.935 bits per heavy atom. The van der Waals surface area contributed by atoms with Gasteiger partial charge in [-0.2, -0.15) is 15.0 Å². The Morgan fingerprint density at radius 2 is 0.676 bits per heavy atom. The average molecular weight is 1670 g/mol. The first-order valence-corrected chi connectivity index (χ1v) is 36.8. The van der Waals surface area contributed by atoms with Gasteiger partial charge in [0.15, 0.2) is 33.6 Å². The fourth-order valence-corrected chi connectivity index (χ4v) is 18.6. The molecule has 0 radical (unpaired) electrons. The monoisotopic (exact) mass is 1670 g/mol. The first-order chi connectivity index (χ1) is 50.7. The van der Waals surface area contributed by atoms with E-state index in [4.69, 9.17) is 42.6 Å². The molecule has 0 bridgehead atoms. The van der Waals surface area contributed by atoms with Gasteiger partial charge in [-0.3, -0.25) is 4.79 Å². The van der Waals surface area contributed by atoms with Gasteiger partial charge >= 0.3 is 0 Å². The fourth-order valence-electron chi connectivity index (χ4n) is 17.8. The summed E-state index contributed by atoms with van der Waals surface area (Å²) in [5.74, 6) is -1.42. The maximum Gasteiger partial charge on any atom is 0.228 e. The lowest BCUT2D eigenvalue weighted by molar-refractivity contribution is -0.156. The summed E-state index contributed by atoms with van der Waals surface area (Å²) in [6, 6.07) is 56.8. The summed E-state index contributed by atoms with van der Waals surface area (Å²) >= 11 is 10.5. The summed E-state index contributed by atoms with van der Waals surface area (Å²) in [6.07, 6.45) is -3.90. The molecule has 6 aliphatic rings. The van der Waals surface area contributed by atoms with Gasteiger partial charge in [-0.15, -0.1) is 0 Å². The van der Waals surface area contributed by atoms with Crippen molar-refractivity contribution in [3.05, 3.63) is 245 Å². The molecule has 3 fully saturated rings. The highest BCUT2D eigenvalue weighted by Crippen LogP contribution is 2.73. The quantitative estimate of drug-likeness (QED) is 0.0494. The van der Waals surface area contributed by atoms with E-state index < -0.39 is 75.6 Å². The van der Waals surface area contributed by atoms with E-state index in [-0.39, 0.29) is 67.4 Å². The van der Waals surface area contributed by atoms with Crippen LogP contribution in [0.3, 0.4) is 0 Å². The number of methoxy groups -OCH3 is 6. The van der Waals surface area contributed by atoms with Crippen molar-refractivity contribution in [2.75, 3.05) is 98.0 Å². The molecule has 0 saturated heterocycles. The van der Waals surface area contributed by atoms with E-state index in [2.05, 4.69) is 62.7 Å². The van der Waals surface area contributed by atoms with Crippen LogP contribution in [-0.4, -0.2) is 183 Å². The first-order valence-electron chi connectivity index (χ1n) is 34.4. The van der Waals surface area contributed by atoms with Crippen LogP contribution < -0.4 is 42.6 Å². The lowest BCUT2D eigenvalue weighted by Gasteiger charge is -2.41. The summed E-state index contributed by atoms with van der Waals surface area (Å²) in [5, 5.41) is 74.1. The number of benzene rings is 6. The molecule has 3 aromatic heterocycles. The number of nitrogens with zero attached hydrogens (tertiary/aromatic N) is 6. The number of hydrogen-bond donors (Lipinski definition) is 6. The van der Waals surface area contributed by atoms with Crippen molar-refractivity contribution in [2.45, 2.75) is 84.5 Å². The summed E-state index contributed by atoms with van der Waals surface area (Å²) in [5.41, 5.74) is -4.48. The molecule has 3 aliphatic carbocycles. The van der Waals surface area contributed by atoms with Crippen molar-refractivity contribution < 1.29 is 78.1 Å². The summed E-state index contributed by atoms with van der Waals surface area (Å²) < 4.78 is 55.9. The van der Waals surface area contributed by atoms with Crippen LogP contribution in [0.4, 0.5) is 0 Å². The van der Waals surface area contributed by atoms with E-state index >= 15 is 0 Å². The zero-order chi connectivity index (χ0) is 75.7. The zero-order valence-electron chi connectivity index (χ0n) is 60.5. The minimum absolute atomic E-state index is 0. The number of aliphatic hydroxyl groups excluding tert-OH is 3. The van der Waals surface area contributed by atoms with Crippen molar-refractivity contribution >= 4 is 53.7 Å². The third-order valence-corrected chi connectivity index (χ3v) is 23.4. The first kappa shape index (κ1) is 80.6. The highest BCUT2D eigenvalue weighted by atomic mass is 79.9. The largest absolute Gasteiger partial charge is 0.481 e. The van der Waals surface area contributed by atoms with Crippen molar-refractivity contribution in [3.63, 3.8) is 0 Å². The molecule has 6 heterocycles. The van der Waals surface area contributed by atoms with Crippen LogP contribution in [0.2, 0.25) is 0 Å². The molecular formula is C83H93Br3N6O16. The van der Waals surface area contributed by atoms with E-state index in [1.807, 2.05) is 202 Å². The van der Waals surface area contributed by atoms with Gasteiger partial charge in [0.1, 0.15) is 23.4 Å². The molecule has 25 heteroatoms. The van der Waals surface area contributed by atoms with Crippen molar-refractivity contribution in [1.82, 2.24) is 29.7 Å².